The van der Waals surface area contributed by atoms with Crippen molar-refractivity contribution in [3.63, 3.8) is 0 Å². The number of furan rings is 2. The van der Waals surface area contributed by atoms with Crippen LogP contribution in [0.2, 0.25) is 0 Å². The van der Waals surface area contributed by atoms with Crippen LogP contribution >= 0.6 is 0 Å². The van der Waals surface area contributed by atoms with Crippen LogP contribution < -0.4 is 0 Å². The molecule has 3 aromatic heterocycles. The molecule has 1 aliphatic heterocycles. The summed E-state index contributed by atoms with van der Waals surface area (Å²) >= 11 is 0. The quantitative estimate of drug-likeness (QED) is 0.307. The number of halogens is 1. The Balaban J connectivity index is 1.43. The third-order valence-corrected chi connectivity index (χ3v) is 6.01. The Labute approximate surface area is 207 Å². The molecule has 1 N–H and O–H groups in total. The molecule has 7 heteroatoms. The van der Waals surface area contributed by atoms with Crippen molar-refractivity contribution in [2.24, 2.45) is 4.99 Å². The van der Waals surface area contributed by atoms with E-state index in [9.17, 15) is 4.39 Å². The van der Waals surface area contributed by atoms with Crippen molar-refractivity contribution in [2.45, 2.75) is 6.54 Å². The van der Waals surface area contributed by atoms with Crippen LogP contribution in [-0.2, 0) is 6.54 Å². The number of fused-ring (bicyclic) bond motifs is 1. The normalized spacial score (nSPS) is 16.9. The molecule has 5 aromatic rings. The van der Waals surface area contributed by atoms with Crippen molar-refractivity contribution >= 4 is 34.6 Å². The number of nitrogens with zero attached hydrogens (tertiary/aromatic N) is 3. The van der Waals surface area contributed by atoms with Crippen LogP contribution in [0.4, 0.5) is 10.1 Å². The van der Waals surface area contributed by atoms with E-state index in [0.29, 0.717) is 36.9 Å². The zero-order valence-electron chi connectivity index (χ0n) is 19.4. The topological polar surface area (TPSA) is 70.6 Å². The lowest BCUT2D eigenvalue weighted by molar-refractivity contribution is 0.307. The number of piperidine rings is 1. The molecule has 0 spiro atoms. The lowest BCUT2D eigenvalue weighted by Crippen LogP contribution is -2.37. The molecule has 2 aromatic carbocycles. The van der Waals surface area contributed by atoms with Gasteiger partial charge in [-0.3, -0.25) is 4.90 Å². The van der Waals surface area contributed by atoms with E-state index in [0.717, 1.165) is 28.0 Å². The largest absolute Gasteiger partial charge is 0.465 e. The van der Waals surface area contributed by atoms with E-state index < -0.39 is 0 Å². The molecule has 1 fully saturated rings. The van der Waals surface area contributed by atoms with Crippen LogP contribution in [0.25, 0.3) is 23.2 Å². The molecule has 0 radical (unpaired) electrons. The molecule has 0 atom stereocenters. The first-order valence-electron chi connectivity index (χ1n) is 11.7. The summed E-state index contributed by atoms with van der Waals surface area (Å²) in [6.45, 7) is 1.77. The number of imidazole rings is 1. The monoisotopic (exact) mass is 478 g/mol. The molecule has 0 bridgehead atoms. The number of H-pyrrole nitrogens is 1. The number of aliphatic imine (C=N–C) groups is 1. The summed E-state index contributed by atoms with van der Waals surface area (Å²) < 4.78 is 25.8. The maximum Gasteiger partial charge on any atom is 0.148 e. The van der Waals surface area contributed by atoms with Gasteiger partial charge in [0.2, 0.25) is 0 Å². The Morgan fingerprint density at radius 3 is 2.17 bits per heavy atom. The number of hydrogen-bond acceptors (Lipinski definition) is 5. The first kappa shape index (κ1) is 22.0. The summed E-state index contributed by atoms with van der Waals surface area (Å²) in [5, 5.41) is 0. The third-order valence-electron chi connectivity index (χ3n) is 6.01. The zero-order chi connectivity index (χ0) is 24.3. The fraction of sp³-hybridized carbons (Fsp3) is 0.103. The Morgan fingerprint density at radius 1 is 0.861 bits per heavy atom. The maximum absolute atomic E-state index is 14.6. The Kier molecular flexibility index (Phi) is 5.89. The average Bonchev–Trinajstić information content (AvgIpc) is 3.65. The fourth-order valence-corrected chi connectivity index (χ4v) is 4.42. The van der Waals surface area contributed by atoms with Gasteiger partial charge in [-0.2, -0.15) is 0 Å². The van der Waals surface area contributed by atoms with Gasteiger partial charge in [0.1, 0.15) is 23.2 Å². The first-order valence-corrected chi connectivity index (χ1v) is 11.7. The number of aromatic amines is 1. The molecule has 36 heavy (non-hydrogen) atoms. The lowest BCUT2D eigenvalue weighted by atomic mass is 9.94. The van der Waals surface area contributed by atoms with Gasteiger partial charge in [0.15, 0.2) is 0 Å². The number of aromatic nitrogens is 2. The second-order valence-electron chi connectivity index (χ2n) is 8.63. The molecule has 0 amide bonds. The highest BCUT2D eigenvalue weighted by Gasteiger charge is 2.26. The van der Waals surface area contributed by atoms with Crippen molar-refractivity contribution in [3.05, 3.63) is 120 Å². The Bertz CT molecular complexity index is 1490. The summed E-state index contributed by atoms with van der Waals surface area (Å²) in [6, 6.07) is 22.0. The number of rotatable bonds is 5. The summed E-state index contributed by atoms with van der Waals surface area (Å²) in [5.41, 5.74) is 4.75. The predicted octanol–water partition coefficient (Wildman–Crippen LogP) is 6.64. The predicted molar refractivity (Wildman–Crippen MR) is 138 cm³/mol. The highest BCUT2D eigenvalue weighted by molar-refractivity contribution is 6.19. The number of para-hydroxylation sites is 3. The molecule has 1 saturated heterocycles. The van der Waals surface area contributed by atoms with Crippen LogP contribution in [0.15, 0.2) is 110 Å². The standard InChI is InChI=1S/C29H23FN4O2/c30-24-9-1-2-10-25(24)33-29-20(15-22-7-5-13-35-22)17-34(18-21(29)16-23-8-6-14-36-23)19-28-31-26-11-3-4-12-27(26)32-28/h1-16H,17-19H2,(H,31,32)/b20-15+,21-16+. The highest BCUT2D eigenvalue weighted by atomic mass is 19.1. The second-order valence-corrected chi connectivity index (χ2v) is 8.63. The Morgan fingerprint density at radius 2 is 1.53 bits per heavy atom. The van der Waals surface area contributed by atoms with Crippen molar-refractivity contribution in [3.8, 4) is 0 Å². The molecule has 0 aliphatic carbocycles. The van der Waals surface area contributed by atoms with Gasteiger partial charge in [0, 0.05) is 13.1 Å². The maximum atomic E-state index is 14.6. The lowest BCUT2D eigenvalue weighted by Gasteiger charge is -2.31. The van der Waals surface area contributed by atoms with Gasteiger partial charge in [-0.1, -0.05) is 24.3 Å². The third kappa shape index (κ3) is 4.69. The molecule has 1 aliphatic rings. The van der Waals surface area contributed by atoms with Gasteiger partial charge in [-0.05, 0) is 71.8 Å². The van der Waals surface area contributed by atoms with E-state index in [-0.39, 0.29) is 11.5 Å². The van der Waals surface area contributed by atoms with Crippen LogP contribution in [0.5, 0.6) is 0 Å². The SMILES string of the molecule is Fc1ccccc1N=C1/C(=C/c2ccco2)CN(Cc2nc3ccccc3[nH]2)C/C1=C\c1ccco1. The van der Waals surface area contributed by atoms with Crippen molar-refractivity contribution in [1.29, 1.82) is 0 Å². The summed E-state index contributed by atoms with van der Waals surface area (Å²) in [4.78, 5) is 15.2. The van der Waals surface area contributed by atoms with Gasteiger partial charge < -0.3 is 13.8 Å². The van der Waals surface area contributed by atoms with Gasteiger partial charge in [-0.15, -0.1) is 0 Å². The number of hydrogen-bond donors (Lipinski definition) is 1. The molecular weight excluding hydrogens is 455 g/mol. The van der Waals surface area contributed by atoms with Crippen molar-refractivity contribution in [2.75, 3.05) is 13.1 Å². The van der Waals surface area contributed by atoms with Gasteiger partial charge in [-0.25, -0.2) is 14.4 Å². The second kappa shape index (κ2) is 9.64. The van der Waals surface area contributed by atoms with Crippen LogP contribution in [0, 0.1) is 5.82 Å². The van der Waals surface area contributed by atoms with Crippen LogP contribution in [0.1, 0.15) is 17.3 Å². The van der Waals surface area contributed by atoms with Crippen molar-refractivity contribution in [1.82, 2.24) is 14.9 Å². The van der Waals surface area contributed by atoms with Gasteiger partial charge in [0.05, 0.1) is 41.5 Å². The molecule has 6 rings (SSSR count). The highest BCUT2D eigenvalue weighted by Crippen LogP contribution is 2.28. The zero-order valence-corrected chi connectivity index (χ0v) is 19.4. The van der Waals surface area contributed by atoms with Gasteiger partial charge in [0.25, 0.3) is 0 Å². The fourth-order valence-electron chi connectivity index (χ4n) is 4.42. The van der Waals surface area contributed by atoms with E-state index >= 15 is 0 Å². The Hall–Kier alpha value is -4.49. The van der Waals surface area contributed by atoms with E-state index in [1.54, 1.807) is 30.7 Å². The van der Waals surface area contributed by atoms with Crippen LogP contribution in [-0.4, -0.2) is 33.7 Å². The minimum atomic E-state index is -0.371. The van der Waals surface area contributed by atoms with E-state index in [2.05, 4.69) is 9.88 Å². The summed E-state index contributed by atoms with van der Waals surface area (Å²) in [6.07, 6.45) is 7.18. The molecular formula is C29H23FN4O2. The minimum absolute atomic E-state index is 0.286. The first-order chi connectivity index (χ1) is 17.7. The molecule has 0 unspecified atom stereocenters. The molecule has 4 heterocycles. The van der Waals surface area contributed by atoms with E-state index in [1.807, 2.05) is 60.7 Å². The molecule has 0 saturated carbocycles. The average molecular weight is 479 g/mol. The molecule has 6 nitrogen and oxygen atoms in total. The summed E-state index contributed by atoms with van der Waals surface area (Å²) in [5.74, 6) is 1.91. The smallest absolute Gasteiger partial charge is 0.148 e. The number of likely N-dealkylation sites (tertiary alicyclic amines) is 1. The van der Waals surface area contributed by atoms with E-state index in [1.165, 1.54) is 6.07 Å². The minimum Gasteiger partial charge on any atom is -0.465 e. The van der Waals surface area contributed by atoms with E-state index in [4.69, 9.17) is 18.8 Å². The van der Waals surface area contributed by atoms with Gasteiger partial charge >= 0.3 is 0 Å². The molecule has 178 valence electrons. The van der Waals surface area contributed by atoms with Crippen LogP contribution in [0.3, 0.4) is 0 Å². The number of nitrogens with one attached hydrogen (secondary N) is 1. The summed E-state index contributed by atoms with van der Waals surface area (Å²) in [7, 11) is 0. The number of benzene rings is 2. The van der Waals surface area contributed by atoms with Crippen molar-refractivity contribution < 1.29 is 13.2 Å².